The van der Waals surface area contributed by atoms with Gasteiger partial charge in [0.05, 0.1) is 10.2 Å². The molecule has 0 aliphatic carbocycles. The molecular formula is C12H14N2S. The van der Waals surface area contributed by atoms with Gasteiger partial charge in [-0.3, -0.25) is 4.98 Å². The lowest BCUT2D eigenvalue weighted by Crippen LogP contribution is -2.22. The average Bonchev–Trinajstić information content (AvgIpc) is 2.72. The molecule has 0 bridgehead atoms. The smallest absolute Gasteiger partial charge is 0.0809 e. The minimum Gasteiger partial charge on any atom is -0.307 e. The molecule has 0 saturated heterocycles. The monoisotopic (exact) mass is 218 g/mol. The zero-order valence-electron chi connectivity index (χ0n) is 8.73. The Labute approximate surface area is 93.7 Å². The summed E-state index contributed by atoms with van der Waals surface area (Å²) in [5, 5.41) is 5.42. The van der Waals surface area contributed by atoms with Gasteiger partial charge in [0, 0.05) is 18.8 Å². The Balaban J connectivity index is 2.11. The van der Waals surface area contributed by atoms with Crippen LogP contribution >= 0.6 is 11.3 Å². The molecule has 0 spiro atoms. The van der Waals surface area contributed by atoms with Crippen LogP contribution < -0.4 is 5.32 Å². The second kappa shape index (κ2) is 4.55. The molecule has 78 valence electrons. The molecule has 0 saturated carbocycles. The SMILES string of the molecule is C=CC(C)NCc1cnc2ccsc2c1. The first-order valence-corrected chi connectivity index (χ1v) is 5.85. The topological polar surface area (TPSA) is 24.9 Å². The van der Waals surface area contributed by atoms with E-state index in [0.717, 1.165) is 12.1 Å². The summed E-state index contributed by atoms with van der Waals surface area (Å²) in [5.74, 6) is 0. The molecule has 1 unspecified atom stereocenters. The van der Waals surface area contributed by atoms with E-state index in [0.29, 0.717) is 6.04 Å². The summed E-state index contributed by atoms with van der Waals surface area (Å²) in [4.78, 5) is 4.39. The van der Waals surface area contributed by atoms with Gasteiger partial charge in [0.2, 0.25) is 0 Å². The quantitative estimate of drug-likeness (QED) is 0.798. The van der Waals surface area contributed by atoms with Crippen molar-refractivity contribution in [3.8, 4) is 0 Å². The van der Waals surface area contributed by atoms with Gasteiger partial charge in [-0.05, 0) is 30.0 Å². The average molecular weight is 218 g/mol. The Morgan fingerprint density at radius 2 is 2.53 bits per heavy atom. The molecule has 0 fully saturated rings. The zero-order chi connectivity index (χ0) is 10.7. The first-order valence-electron chi connectivity index (χ1n) is 4.97. The van der Waals surface area contributed by atoms with Gasteiger partial charge in [0.1, 0.15) is 0 Å². The van der Waals surface area contributed by atoms with Crippen LogP contribution in [0.4, 0.5) is 0 Å². The summed E-state index contributed by atoms with van der Waals surface area (Å²) in [6.07, 6.45) is 3.83. The van der Waals surface area contributed by atoms with Crippen molar-refractivity contribution in [2.75, 3.05) is 0 Å². The van der Waals surface area contributed by atoms with Crippen molar-refractivity contribution >= 4 is 21.6 Å². The van der Waals surface area contributed by atoms with Crippen molar-refractivity contribution in [1.82, 2.24) is 10.3 Å². The maximum absolute atomic E-state index is 4.39. The highest BCUT2D eigenvalue weighted by molar-refractivity contribution is 7.17. The summed E-state index contributed by atoms with van der Waals surface area (Å²) in [6.45, 7) is 6.67. The molecule has 1 N–H and O–H groups in total. The Morgan fingerprint density at radius 1 is 1.67 bits per heavy atom. The van der Waals surface area contributed by atoms with Crippen LogP contribution in [-0.4, -0.2) is 11.0 Å². The highest BCUT2D eigenvalue weighted by Gasteiger charge is 2.00. The molecule has 2 aromatic rings. The Morgan fingerprint density at radius 3 is 3.33 bits per heavy atom. The summed E-state index contributed by atoms with van der Waals surface area (Å²) < 4.78 is 1.25. The molecule has 0 aromatic carbocycles. The van der Waals surface area contributed by atoms with Crippen LogP contribution in [0, 0.1) is 0 Å². The molecule has 2 nitrogen and oxygen atoms in total. The Hall–Kier alpha value is -1.19. The molecule has 0 aliphatic rings. The second-order valence-corrected chi connectivity index (χ2v) is 4.50. The number of nitrogens with one attached hydrogen (secondary N) is 1. The lowest BCUT2D eigenvalue weighted by atomic mass is 10.2. The van der Waals surface area contributed by atoms with Crippen LogP contribution in [0.3, 0.4) is 0 Å². The van der Waals surface area contributed by atoms with Crippen molar-refractivity contribution in [1.29, 1.82) is 0 Å². The lowest BCUT2D eigenvalue weighted by molar-refractivity contribution is 0.633. The van der Waals surface area contributed by atoms with Crippen molar-refractivity contribution in [2.45, 2.75) is 19.5 Å². The Bertz CT molecular complexity index is 461. The predicted octanol–water partition coefficient (Wildman–Crippen LogP) is 2.96. The van der Waals surface area contributed by atoms with Crippen LogP contribution in [0.15, 0.2) is 36.4 Å². The second-order valence-electron chi connectivity index (χ2n) is 3.55. The van der Waals surface area contributed by atoms with Gasteiger partial charge in [-0.1, -0.05) is 6.08 Å². The van der Waals surface area contributed by atoms with Crippen molar-refractivity contribution < 1.29 is 0 Å². The highest BCUT2D eigenvalue weighted by Crippen LogP contribution is 2.19. The van der Waals surface area contributed by atoms with E-state index in [4.69, 9.17) is 0 Å². The third-order valence-corrected chi connectivity index (χ3v) is 3.19. The molecule has 0 aliphatic heterocycles. The van der Waals surface area contributed by atoms with E-state index in [2.05, 4.69) is 35.2 Å². The zero-order valence-corrected chi connectivity index (χ0v) is 9.55. The van der Waals surface area contributed by atoms with E-state index < -0.39 is 0 Å². The number of pyridine rings is 1. The van der Waals surface area contributed by atoms with Crippen LogP contribution in [-0.2, 0) is 6.54 Å². The number of fused-ring (bicyclic) bond motifs is 1. The minimum atomic E-state index is 0.337. The fourth-order valence-corrected chi connectivity index (χ4v) is 2.15. The van der Waals surface area contributed by atoms with Gasteiger partial charge in [-0.2, -0.15) is 0 Å². The standard InChI is InChI=1S/C12H14N2S/c1-3-9(2)13-7-10-6-12-11(14-8-10)4-5-15-12/h3-6,8-9,13H,1,7H2,2H3. The van der Waals surface area contributed by atoms with Crippen LogP contribution in [0.1, 0.15) is 12.5 Å². The summed E-state index contributed by atoms with van der Waals surface area (Å²) in [6, 6.07) is 4.57. The van der Waals surface area contributed by atoms with Gasteiger partial charge < -0.3 is 5.32 Å². The molecule has 2 heterocycles. The summed E-state index contributed by atoms with van der Waals surface area (Å²) >= 11 is 1.73. The number of hydrogen-bond acceptors (Lipinski definition) is 3. The molecule has 1 atom stereocenters. The number of thiophene rings is 1. The molecular weight excluding hydrogens is 204 g/mol. The fraction of sp³-hybridized carbons (Fsp3) is 0.250. The molecule has 0 amide bonds. The predicted molar refractivity (Wildman–Crippen MR) is 66.1 cm³/mol. The molecule has 2 aromatic heterocycles. The first-order chi connectivity index (χ1) is 7.29. The van der Waals surface area contributed by atoms with Gasteiger partial charge in [-0.15, -0.1) is 17.9 Å². The number of hydrogen-bond donors (Lipinski definition) is 1. The molecule has 15 heavy (non-hydrogen) atoms. The maximum Gasteiger partial charge on any atom is 0.0809 e. The largest absolute Gasteiger partial charge is 0.307 e. The van der Waals surface area contributed by atoms with Crippen molar-refractivity contribution in [2.24, 2.45) is 0 Å². The first kappa shape index (κ1) is 10.3. The van der Waals surface area contributed by atoms with E-state index in [1.165, 1.54) is 10.3 Å². The van der Waals surface area contributed by atoms with Crippen LogP contribution in [0.25, 0.3) is 10.2 Å². The van der Waals surface area contributed by atoms with Gasteiger partial charge in [0.15, 0.2) is 0 Å². The van der Waals surface area contributed by atoms with E-state index in [9.17, 15) is 0 Å². The maximum atomic E-state index is 4.39. The van der Waals surface area contributed by atoms with Gasteiger partial charge in [0.25, 0.3) is 0 Å². The van der Waals surface area contributed by atoms with Crippen LogP contribution in [0.2, 0.25) is 0 Å². The fourth-order valence-electron chi connectivity index (χ4n) is 1.35. The Kier molecular flexibility index (Phi) is 3.14. The summed E-state index contributed by atoms with van der Waals surface area (Å²) in [5.41, 5.74) is 2.30. The van der Waals surface area contributed by atoms with E-state index in [-0.39, 0.29) is 0 Å². The molecule has 0 radical (unpaired) electrons. The van der Waals surface area contributed by atoms with Crippen molar-refractivity contribution in [3.63, 3.8) is 0 Å². The highest BCUT2D eigenvalue weighted by atomic mass is 32.1. The molecule has 3 heteroatoms. The summed E-state index contributed by atoms with van der Waals surface area (Å²) in [7, 11) is 0. The third kappa shape index (κ3) is 2.43. The number of rotatable bonds is 4. The van der Waals surface area contributed by atoms with Crippen molar-refractivity contribution in [3.05, 3.63) is 41.9 Å². The van der Waals surface area contributed by atoms with E-state index in [1.54, 1.807) is 11.3 Å². The minimum absolute atomic E-state index is 0.337. The lowest BCUT2D eigenvalue weighted by Gasteiger charge is -2.08. The van der Waals surface area contributed by atoms with E-state index >= 15 is 0 Å². The third-order valence-electron chi connectivity index (χ3n) is 2.34. The normalized spacial score (nSPS) is 12.9. The van der Waals surface area contributed by atoms with E-state index in [1.807, 2.05) is 18.3 Å². The van der Waals surface area contributed by atoms with Gasteiger partial charge in [-0.25, -0.2) is 0 Å². The number of aromatic nitrogens is 1. The van der Waals surface area contributed by atoms with Gasteiger partial charge >= 0.3 is 0 Å². The molecule has 2 rings (SSSR count). The number of nitrogens with zero attached hydrogens (tertiary/aromatic N) is 1. The van der Waals surface area contributed by atoms with Crippen LogP contribution in [0.5, 0.6) is 0 Å².